The van der Waals surface area contributed by atoms with Gasteiger partial charge in [-0.2, -0.15) is 5.10 Å². The smallest absolute Gasteiger partial charge is 0.160 e. The molecule has 6 nitrogen and oxygen atoms in total. The highest BCUT2D eigenvalue weighted by Crippen LogP contribution is 2.19. The van der Waals surface area contributed by atoms with Gasteiger partial charge in [-0.15, -0.1) is 0 Å². The molecule has 0 bridgehead atoms. The molecule has 0 fully saturated rings. The second-order valence-corrected chi connectivity index (χ2v) is 5.03. The SMILES string of the molecule is C[C@H](O)Cn1ccnc1-c1cc2n(n1)CCCNC2. The van der Waals surface area contributed by atoms with Gasteiger partial charge in [-0.25, -0.2) is 4.98 Å². The van der Waals surface area contributed by atoms with Gasteiger partial charge in [0.2, 0.25) is 0 Å². The molecule has 0 saturated carbocycles. The Morgan fingerprint density at radius 2 is 2.42 bits per heavy atom. The number of rotatable bonds is 3. The third-order valence-electron chi connectivity index (χ3n) is 3.30. The maximum absolute atomic E-state index is 9.51. The molecule has 1 atom stereocenters. The summed E-state index contributed by atoms with van der Waals surface area (Å²) < 4.78 is 4.00. The number of nitrogens with one attached hydrogen (secondary N) is 1. The van der Waals surface area contributed by atoms with Crippen LogP contribution < -0.4 is 5.32 Å². The molecule has 0 aliphatic carbocycles. The number of imidazole rings is 1. The standard InChI is InChI=1S/C13H19N5O/c1-10(19)9-17-6-4-15-13(17)12-7-11-8-14-3-2-5-18(11)16-12/h4,6-7,10,14,19H,2-3,5,8-9H2,1H3/t10-/m0/s1. The van der Waals surface area contributed by atoms with Crippen molar-refractivity contribution in [3.63, 3.8) is 0 Å². The van der Waals surface area contributed by atoms with Crippen LogP contribution in [-0.2, 0) is 19.6 Å². The van der Waals surface area contributed by atoms with Gasteiger partial charge < -0.3 is 15.0 Å². The molecule has 3 rings (SSSR count). The van der Waals surface area contributed by atoms with E-state index < -0.39 is 6.10 Å². The highest BCUT2D eigenvalue weighted by molar-refractivity contribution is 5.50. The summed E-state index contributed by atoms with van der Waals surface area (Å²) in [6.07, 6.45) is 4.33. The van der Waals surface area contributed by atoms with Crippen LogP contribution in [0.5, 0.6) is 0 Å². The van der Waals surface area contributed by atoms with Crippen molar-refractivity contribution in [2.45, 2.75) is 39.1 Å². The summed E-state index contributed by atoms with van der Waals surface area (Å²) in [6, 6.07) is 2.08. The first kappa shape index (κ1) is 12.4. The van der Waals surface area contributed by atoms with Gasteiger partial charge in [-0.05, 0) is 26.0 Å². The van der Waals surface area contributed by atoms with Crippen LogP contribution in [0.15, 0.2) is 18.5 Å². The van der Waals surface area contributed by atoms with Crippen molar-refractivity contribution in [3.8, 4) is 11.5 Å². The molecule has 3 heterocycles. The second kappa shape index (κ2) is 5.14. The van der Waals surface area contributed by atoms with Crippen molar-refractivity contribution < 1.29 is 5.11 Å². The zero-order chi connectivity index (χ0) is 13.2. The van der Waals surface area contributed by atoms with Gasteiger partial charge >= 0.3 is 0 Å². The number of aromatic nitrogens is 4. The zero-order valence-corrected chi connectivity index (χ0v) is 11.1. The van der Waals surface area contributed by atoms with E-state index in [-0.39, 0.29) is 0 Å². The van der Waals surface area contributed by atoms with Crippen molar-refractivity contribution in [2.75, 3.05) is 6.54 Å². The number of aliphatic hydroxyl groups excluding tert-OH is 1. The van der Waals surface area contributed by atoms with Crippen molar-refractivity contribution >= 4 is 0 Å². The highest BCUT2D eigenvalue weighted by atomic mass is 16.3. The summed E-state index contributed by atoms with van der Waals surface area (Å²) in [6.45, 7) is 5.14. The fourth-order valence-electron chi connectivity index (χ4n) is 2.45. The molecular weight excluding hydrogens is 242 g/mol. The quantitative estimate of drug-likeness (QED) is 0.850. The second-order valence-electron chi connectivity index (χ2n) is 5.03. The Morgan fingerprint density at radius 3 is 3.26 bits per heavy atom. The lowest BCUT2D eigenvalue weighted by Crippen LogP contribution is -2.12. The average molecular weight is 261 g/mol. The number of aryl methyl sites for hydroxylation is 1. The van der Waals surface area contributed by atoms with E-state index in [0.29, 0.717) is 6.54 Å². The zero-order valence-electron chi connectivity index (χ0n) is 11.1. The summed E-state index contributed by atoms with van der Waals surface area (Å²) in [4.78, 5) is 4.36. The third-order valence-corrected chi connectivity index (χ3v) is 3.30. The molecule has 0 spiro atoms. The van der Waals surface area contributed by atoms with Crippen LogP contribution in [0.4, 0.5) is 0 Å². The van der Waals surface area contributed by atoms with E-state index in [4.69, 9.17) is 0 Å². The Labute approximate surface area is 112 Å². The van der Waals surface area contributed by atoms with Crippen LogP contribution >= 0.6 is 0 Å². The predicted molar refractivity (Wildman–Crippen MR) is 71.5 cm³/mol. The summed E-state index contributed by atoms with van der Waals surface area (Å²) >= 11 is 0. The molecule has 2 aromatic rings. The van der Waals surface area contributed by atoms with Gasteiger partial charge in [0.25, 0.3) is 0 Å². The number of hydrogen-bond donors (Lipinski definition) is 2. The Morgan fingerprint density at radius 1 is 1.53 bits per heavy atom. The monoisotopic (exact) mass is 261 g/mol. The fourth-order valence-corrected chi connectivity index (χ4v) is 2.45. The number of nitrogens with zero attached hydrogens (tertiary/aromatic N) is 4. The van der Waals surface area contributed by atoms with E-state index in [1.165, 1.54) is 5.69 Å². The Kier molecular flexibility index (Phi) is 3.35. The predicted octanol–water partition coefficient (Wildman–Crippen LogP) is 0.621. The van der Waals surface area contributed by atoms with Gasteiger partial charge in [-0.3, -0.25) is 4.68 Å². The molecule has 102 valence electrons. The van der Waals surface area contributed by atoms with E-state index in [1.54, 1.807) is 13.1 Å². The maximum atomic E-state index is 9.51. The minimum Gasteiger partial charge on any atom is -0.392 e. The minimum atomic E-state index is -0.393. The van der Waals surface area contributed by atoms with Crippen LogP contribution in [0, 0.1) is 0 Å². The summed E-state index contributed by atoms with van der Waals surface area (Å²) in [5.41, 5.74) is 2.07. The summed E-state index contributed by atoms with van der Waals surface area (Å²) in [5.74, 6) is 0.821. The first-order valence-electron chi connectivity index (χ1n) is 6.71. The molecule has 0 amide bonds. The van der Waals surface area contributed by atoms with E-state index in [1.807, 2.05) is 10.8 Å². The van der Waals surface area contributed by atoms with Gasteiger partial charge in [0, 0.05) is 32.0 Å². The molecule has 0 aromatic carbocycles. The maximum Gasteiger partial charge on any atom is 0.160 e. The molecule has 19 heavy (non-hydrogen) atoms. The lowest BCUT2D eigenvalue weighted by atomic mass is 10.3. The molecule has 1 aliphatic rings. The van der Waals surface area contributed by atoms with E-state index >= 15 is 0 Å². The molecule has 0 unspecified atom stereocenters. The molecular formula is C13H19N5O. The Hall–Kier alpha value is -1.66. The highest BCUT2D eigenvalue weighted by Gasteiger charge is 2.15. The van der Waals surface area contributed by atoms with Crippen LogP contribution in [0.1, 0.15) is 19.0 Å². The van der Waals surface area contributed by atoms with Gasteiger partial charge in [0.15, 0.2) is 5.82 Å². The van der Waals surface area contributed by atoms with Crippen molar-refractivity contribution in [1.82, 2.24) is 24.6 Å². The third kappa shape index (κ3) is 2.54. The molecule has 1 aliphatic heterocycles. The van der Waals surface area contributed by atoms with Gasteiger partial charge in [0.05, 0.1) is 11.8 Å². The van der Waals surface area contributed by atoms with Crippen LogP contribution in [0.3, 0.4) is 0 Å². The minimum absolute atomic E-state index is 0.393. The van der Waals surface area contributed by atoms with E-state index in [9.17, 15) is 5.11 Å². The number of fused-ring (bicyclic) bond motifs is 1. The molecule has 6 heteroatoms. The van der Waals surface area contributed by atoms with Crippen LogP contribution in [0.25, 0.3) is 11.5 Å². The summed E-state index contributed by atoms with van der Waals surface area (Å²) in [7, 11) is 0. The van der Waals surface area contributed by atoms with Crippen LogP contribution in [-0.4, -0.2) is 37.1 Å². The van der Waals surface area contributed by atoms with Crippen molar-refractivity contribution in [2.24, 2.45) is 0 Å². The van der Waals surface area contributed by atoms with Gasteiger partial charge in [-0.1, -0.05) is 0 Å². The Balaban J connectivity index is 1.92. The van der Waals surface area contributed by atoms with Crippen LogP contribution in [0.2, 0.25) is 0 Å². The van der Waals surface area contributed by atoms with E-state index in [0.717, 1.165) is 37.6 Å². The number of hydrogen-bond acceptors (Lipinski definition) is 4. The van der Waals surface area contributed by atoms with Crippen molar-refractivity contribution in [3.05, 3.63) is 24.2 Å². The molecule has 0 saturated heterocycles. The molecule has 2 aromatic heterocycles. The number of aliphatic hydroxyl groups is 1. The lowest BCUT2D eigenvalue weighted by molar-refractivity contribution is 0.174. The normalized spacial score (nSPS) is 16.9. The van der Waals surface area contributed by atoms with E-state index in [2.05, 4.69) is 26.1 Å². The first-order chi connectivity index (χ1) is 9.24. The Bertz CT molecular complexity index is 534. The molecule has 2 N–H and O–H groups in total. The summed E-state index contributed by atoms with van der Waals surface area (Å²) in [5, 5.41) is 17.5. The largest absolute Gasteiger partial charge is 0.392 e. The topological polar surface area (TPSA) is 67.9 Å². The average Bonchev–Trinajstić information content (AvgIpc) is 2.91. The molecule has 0 radical (unpaired) electrons. The first-order valence-corrected chi connectivity index (χ1v) is 6.71. The van der Waals surface area contributed by atoms with Crippen molar-refractivity contribution in [1.29, 1.82) is 0 Å². The lowest BCUT2D eigenvalue weighted by Gasteiger charge is -2.08. The van der Waals surface area contributed by atoms with Gasteiger partial charge in [0.1, 0.15) is 5.69 Å². The fraction of sp³-hybridized carbons (Fsp3) is 0.538.